The van der Waals surface area contributed by atoms with Crippen molar-refractivity contribution < 1.29 is 4.92 Å². The SMILES string of the molecule is CCC/C(=C/[N+](=O)[O-])SC. The normalized spacial score (nSPS) is 11.6. The molecule has 0 bridgehead atoms. The fraction of sp³-hybridized carbons (Fsp3) is 0.667. The van der Waals surface area contributed by atoms with Gasteiger partial charge in [0.05, 0.1) is 9.83 Å². The number of nitrogens with zero attached hydrogens (tertiary/aromatic N) is 1. The van der Waals surface area contributed by atoms with Crippen LogP contribution in [0.4, 0.5) is 0 Å². The molecular weight excluding hydrogens is 150 g/mol. The highest BCUT2D eigenvalue weighted by atomic mass is 32.2. The van der Waals surface area contributed by atoms with Gasteiger partial charge < -0.3 is 0 Å². The minimum Gasteiger partial charge on any atom is -0.259 e. The molecular formula is C6H11NO2S. The molecule has 0 amide bonds. The molecule has 0 aliphatic carbocycles. The van der Waals surface area contributed by atoms with Crippen molar-refractivity contribution in [2.75, 3.05) is 6.26 Å². The Morgan fingerprint density at radius 3 is 2.70 bits per heavy atom. The van der Waals surface area contributed by atoms with Crippen LogP contribution in [0.15, 0.2) is 11.1 Å². The second-order valence-electron chi connectivity index (χ2n) is 1.83. The predicted molar refractivity (Wildman–Crippen MR) is 43.5 cm³/mol. The third-order valence-electron chi connectivity index (χ3n) is 1.01. The number of hydrogen-bond acceptors (Lipinski definition) is 3. The Kier molecular flexibility index (Phi) is 5.02. The van der Waals surface area contributed by atoms with Gasteiger partial charge >= 0.3 is 0 Å². The van der Waals surface area contributed by atoms with E-state index >= 15 is 0 Å². The highest BCUT2D eigenvalue weighted by molar-refractivity contribution is 8.02. The second-order valence-corrected chi connectivity index (χ2v) is 2.77. The van der Waals surface area contributed by atoms with E-state index in [2.05, 4.69) is 0 Å². The van der Waals surface area contributed by atoms with E-state index in [4.69, 9.17) is 0 Å². The van der Waals surface area contributed by atoms with Gasteiger partial charge in [-0.3, -0.25) is 10.1 Å². The number of allylic oxidation sites excluding steroid dienone is 1. The third-order valence-corrected chi connectivity index (χ3v) is 1.84. The number of hydrogen-bond donors (Lipinski definition) is 0. The van der Waals surface area contributed by atoms with Gasteiger partial charge in [-0.15, -0.1) is 11.8 Å². The van der Waals surface area contributed by atoms with Crippen LogP contribution in [0.2, 0.25) is 0 Å². The maximum Gasteiger partial charge on any atom is 0.243 e. The molecule has 0 spiro atoms. The zero-order chi connectivity index (χ0) is 7.98. The van der Waals surface area contributed by atoms with E-state index < -0.39 is 4.92 Å². The van der Waals surface area contributed by atoms with Crippen molar-refractivity contribution in [1.82, 2.24) is 0 Å². The van der Waals surface area contributed by atoms with Crippen molar-refractivity contribution in [1.29, 1.82) is 0 Å². The molecule has 0 N–H and O–H groups in total. The lowest BCUT2D eigenvalue weighted by molar-refractivity contribution is -0.403. The van der Waals surface area contributed by atoms with Crippen LogP contribution in [0, 0.1) is 10.1 Å². The summed E-state index contributed by atoms with van der Waals surface area (Å²) < 4.78 is 0. The van der Waals surface area contributed by atoms with Gasteiger partial charge in [0.1, 0.15) is 0 Å². The summed E-state index contributed by atoms with van der Waals surface area (Å²) in [6, 6.07) is 0. The minimum atomic E-state index is -0.401. The van der Waals surface area contributed by atoms with Gasteiger partial charge in [-0.05, 0) is 12.7 Å². The quantitative estimate of drug-likeness (QED) is 0.469. The first-order valence-corrected chi connectivity index (χ1v) is 4.31. The Labute approximate surface area is 64.7 Å². The van der Waals surface area contributed by atoms with Crippen LogP contribution < -0.4 is 0 Å². The fourth-order valence-corrected chi connectivity index (χ4v) is 1.18. The van der Waals surface area contributed by atoms with Crippen LogP contribution in [0.1, 0.15) is 19.8 Å². The van der Waals surface area contributed by atoms with Gasteiger partial charge in [0.2, 0.25) is 6.20 Å². The topological polar surface area (TPSA) is 43.1 Å². The molecule has 10 heavy (non-hydrogen) atoms. The summed E-state index contributed by atoms with van der Waals surface area (Å²) in [4.78, 5) is 10.4. The summed E-state index contributed by atoms with van der Waals surface area (Å²) in [7, 11) is 0. The predicted octanol–water partition coefficient (Wildman–Crippen LogP) is 2.27. The van der Waals surface area contributed by atoms with Crippen LogP contribution in [0.5, 0.6) is 0 Å². The van der Waals surface area contributed by atoms with Crippen molar-refractivity contribution in [2.45, 2.75) is 19.8 Å². The molecule has 0 saturated heterocycles. The van der Waals surface area contributed by atoms with Crippen molar-refractivity contribution in [3.05, 3.63) is 21.2 Å². The number of thioether (sulfide) groups is 1. The smallest absolute Gasteiger partial charge is 0.243 e. The maximum absolute atomic E-state index is 9.96. The molecule has 0 aromatic carbocycles. The molecule has 0 rings (SSSR count). The highest BCUT2D eigenvalue weighted by Gasteiger charge is 1.98. The van der Waals surface area contributed by atoms with E-state index in [1.807, 2.05) is 13.2 Å². The van der Waals surface area contributed by atoms with Gasteiger partial charge in [0.15, 0.2) is 0 Å². The molecule has 0 aromatic rings. The number of nitro groups is 1. The van der Waals surface area contributed by atoms with Gasteiger partial charge in [-0.1, -0.05) is 13.3 Å². The molecule has 4 heteroatoms. The Balaban J connectivity index is 3.91. The lowest BCUT2D eigenvalue weighted by atomic mass is 10.3. The summed E-state index contributed by atoms with van der Waals surface area (Å²) in [5.74, 6) is 0. The molecule has 0 atom stereocenters. The average molecular weight is 161 g/mol. The largest absolute Gasteiger partial charge is 0.259 e. The molecule has 0 aromatic heterocycles. The van der Waals surface area contributed by atoms with Gasteiger partial charge in [0.25, 0.3) is 0 Å². The van der Waals surface area contributed by atoms with Crippen molar-refractivity contribution >= 4 is 11.8 Å². The van der Waals surface area contributed by atoms with Crippen LogP contribution in [-0.2, 0) is 0 Å². The fourth-order valence-electron chi connectivity index (χ4n) is 0.583. The average Bonchev–Trinajstić information content (AvgIpc) is 1.86. The zero-order valence-electron chi connectivity index (χ0n) is 6.16. The van der Waals surface area contributed by atoms with Crippen molar-refractivity contribution in [2.24, 2.45) is 0 Å². The lowest BCUT2D eigenvalue weighted by Gasteiger charge is -1.94. The first-order chi connectivity index (χ1) is 4.70. The van der Waals surface area contributed by atoms with E-state index in [1.54, 1.807) is 0 Å². The van der Waals surface area contributed by atoms with Gasteiger partial charge in [-0.2, -0.15) is 0 Å². The van der Waals surface area contributed by atoms with Crippen LogP contribution in [-0.4, -0.2) is 11.2 Å². The highest BCUT2D eigenvalue weighted by Crippen LogP contribution is 2.16. The maximum atomic E-state index is 9.96. The molecule has 0 aliphatic rings. The Morgan fingerprint density at radius 2 is 2.40 bits per heavy atom. The monoisotopic (exact) mass is 161 g/mol. The molecule has 3 nitrogen and oxygen atoms in total. The lowest BCUT2D eigenvalue weighted by Crippen LogP contribution is -1.86. The van der Waals surface area contributed by atoms with Crippen LogP contribution >= 0.6 is 11.8 Å². The summed E-state index contributed by atoms with van der Waals surface area (Å²) in [6.07, 6.45) is 4.70. The molecule has 0 aliphatic heterocycles. The first kappa shape index (κ1) is 9.49. The third kappa shape index (κ3) is 4.38. The standard InChI is InChI=1S/C6H11NO2S/c1-3-4-6(10-2)5-7(8)9/h5H,3-4H2,1-2H3/b6-5-. The summed E-state index contributed by atoms with van der Waals surface area (Å²) >= 11 is 1.44. The van der Waals surface area contributed by atoms with E-state index in [9.17, 15) is 10.1 Å². The zero-order valence-corrected chi connectivity index (χ0v) is 6.98. The molecule has 0 heterocycles. The van der Waals surface area contributed by atoms with E-state index in [0.717, 1.165) is 23.9 Å². The van der Waals surface area contributed by atoms with Gasteiger partial charge in [0, 0.05) is 0 Å². The minimum absolute atomic E-state index is 0.401. The van der Waals surface area contributed by atoms with Crippen LogP contribution in [0.3, 0.4) is 0 Å². The Morgan fingerprint density at radius 1 is 1.80 bits per heavy atom. The van der Waals surface area contributed by atoms with Crippen LogP contribution in [0.25, 0.3) is 0 Å². The van der Waals surface area contributed by atoms with Crippen molar-refractivity contribution in [3.63, 3.8) is 0 Å². The Hall–Kier alpha value is -0.510. The molecule has 58 valence electrons. The van der Waals surface area contributed by atoms with E-state index in [-0.39, 0.29) is 0 Å². The first-order valence-electron chi connectivity index (χ1n) is 3.09. The summed E-state index contributed by atoms with van der Waals surface area (Å²) in [5, 5.41) is 9.96. The van der Waals surface area contributed by atoms with E-state index in [1.165, 1.54) is 11.8 Å². The van der Waals surface area contributed by atoms with Crippen molar-refractivity contribution in [3.8, 4) is 0 Å². The number of rotatable bonds is 4. The molecule has 0 unspecified atom stereocenters. The van der Waals surface area contributed by atoms with E-state index in [0.29, 0.717) is 0 Å². The summed E-state index contributed by atoms with van der Waals surface area (Å²) in [5.41, 5.74) is 0. The molecule has 0 radical (unpaired) electrons. The van der Waals surface area contributed by atoms with Gasteiger partial charge in [-0.25, -0.2) is 0 Å². The Bertz CT molecular complexity index is 145. The molecule has 0 saturated carbocycles. The second kappa shape index (κ2) is 5.29. The molecule has 0 fully saturated rings. The summed E-state index contributed by atoms with van der Waals surface area (Å²) in [6.45, 7) is 2.00.